The van der Waals surface area contributed by atoms with E-state index in [1.54, 1.807) is 30.5 Å². The summed E-state index contributed by atoms with van der Waals surface area (Å²) in [5.41, 5.74) is 2.64. The number of aliphatic hydroxyl groups is 1. The average Bonchev–Trinajstić information content (AvgIpc) is 3.19. The van der Waals surface area contributed by atoms with E-state index in [2.05, 4.69) is 4.98 Å². The van der Waals surface area contributed by atoms with Gasteiger partial charge in [-0.2, -0.15) is 0 Å². The number of imidazole rings is 1. The smallest absolute Gasteiger partial charge is 0.238 e. The van der Waals surface area contributed by atoms with Crippen molar-refractivity contribution < 1.29 is 13.5 Å². The number of nitrogens with zero attached hydrogens (tertiary/aromatic N) is 2. The molecule has 1 heterocycles. The van der Waals surface area contributed by atoms with Gasteiger partial charge in [0.25, 0.3) is 0 Å². The number of nitrogens with two attached hydrogens (primary N) is 1. The third kappa shape index (κ3) is 4.15. The average molecular weight is 440 g/mol. The summed E-state index contributed by atoms with van der Waals surface area (Å²) < 4.78 is 24.9. The van der Waals surface area contributed by atoms with Crippen LogP contribution in [0.1, 0.15) is 17.4 Å². The highest BCUT2D eigenvalue weighted by Gasteiger charge is 2.19. The van der Waals surface area contributed by atoms with Gasteiger partial charge in [0.15, 0.2) is 0 Å². The maximum Gasteiger partial charge on any atom is 0.238 e. The summed E-state index contributed by atoms with van der Waals surface area (Å²) in [6.45, 7) is 0. The number of aromatic nitrogens is 2. The number of benzene rings is 3. The monoisotopic (exact) mass is 439 g/mol. The van der Waals surface area contributed by atoms with Crippen molar-refractivity contribution >= 4 is 21.6 Å². The lowest BCUT2D eigenvalue weighted by Crippen LogP contribution is -2.11. The number of hydrogen-bond donors (Lipinski definition) is 2. The molecule has 6 nitrogen and oxygen atoms in total. The molecule has 0 aliphatic heterocycles. The number of sulfonamides is 1. The van der Waals surface area contributed by atoms with E-state index in [4.69, 9.17) is 16.7 Å². The Morgan fingerprint density at radius 3 is 2.17 bits per heavy atom. The van der Waals surface area contributed by atoms with E-state index in [-0.39, 0.29) is 4.90 Å². The van der Waals surface area contributed by atoms with Crippen molar-refractivity contribution in [1.29, 1.82) is 0 Å². The summed E-state index contributed by atoms with van der Waals surface area (Å²) in [5.74, 6) is 0.545. The lowest BCUT2D eigenvalue weighted by molar-refractivity contribution is 0.216. The van der Waals surface area contributed by atoms with Crippen LogP contribution in [0.4, 0.5) is 0 Å². The molecule has 1 unspecified atom stereocenters. The molecule has 0 amide bonds. The number of hydrogen-bond acceptors (Lipinski definition) is 4. The Labute approximate surface area is 179 Å². The molecule has 30 heavy (non-hydrogen) atoms. The van der Waals surface area contributed by atoms with Crippen LogP contribution in [0.15, 0.2) is 90.0 Å². The van der Waals surface area contributed by atoms with E-state index in [1.807, 2.05) is 47.0 Å². The summed E-state index contributed by atoms with van der Waals surface area (Å²) in [6, 6.07) is 22.5. The molecular weight excluding hydrogens is 422 g/mol. The van der Waals surface area contributed by atoms with Crippen molar-refractivity contribution in [2.24, 2.45) is 5.14 Å². The summed E-state index contributed by atoms with van der Waals surface area (Å²) in [7, 11) is -3.79. The zero-order chi connectivity index (χ0) is 21.3. The van der Waals surface area contributed by atoms with Crippen LogP contribution in [0, 0.1) is 0 Å². The largest absolute Gasteiger partial charge is 0.382 e. The SMILES string of the molecule is NS(=O)(=O)c1ccc(-c2nc(C(O)c3ccccc3)cn2-c2ccc(Cl)cc2)cc1. The highest BCUT2D eigenvalue weighted by Crippen LogP contribution is 2.29. The fourth-order valence-electron chi connectivity index (χ4n) is 3.13. The summed E-state index contributed by atoms with van der Waals surface area (Å²) >= 11 is 6.02. The fraction of sp³-hybridized carbons (Fsp3) is 0.0455. The van der Waals surface area contributed by atoms with E-state index in [9.17, 15) is 13.5 Å². The van der Waals surface area contributed by atoms with Crippen LogP contribution < -0.4 is 5.14 Å². The lowest BCUT2D eigenvalue weighted by atomic mass is 10.1. The highest BCUT2D eigenvalue weighted by molar-refractivity contribution is 7.89. The van der Waals surface area contributed by atoms with E-state index in [0.717, 1.165) is 11.3 Å². The van der Waals surface area contributed by atoms with Crippen LogP contribution in [-0.4, -0.2) is 23.1 Å². The van der Waals surface area contributed by atoms with Gasteiger partial charge in [-0.3, -0.25) is 4.57 Å². The molecule has 0 aliphatic rings. The van der Waals surface area contributed by atoms with Crippen molar-refractivity contribution in [1.82, 2.24) is 9.55 Å². The molecule has 4 aromatic rings. The van der Waals surface area contributed by atoms with Crippen LogP contribution in [0.2, 0.25) is 5.02 Å². The Hall–Kier alpha value is -2.97. The number of aliphatic hydroxyl groups excluding tert-OH is 1. The van der Waals surface area contributed by atoms with E-state index in [0.29, 0.717) is 22.1 Å². The number of halogens is 1. The first-order chi connectivity index (χ1) is 14.3. The van der Waals surface area contributed by atoms with Crippen molar-refractivity contribution in [3.63, 3.8) is 0 Å². The molecule has 0 bridgehead atoms. The van der Waals surface area contributed by atoms with E-state index < -0.39 is 16.1 Å². The number of rotatable bonds is 5. The van der Waals surface area contributed by atoms with Crippen LogP contribution in [-0.2, 0) is 10.0 Å². The first-order valence-electron chi connectivity index (χ1n) is 9.04. The fourth-order valence-corrected chi connectivity index (χ4v) is 3.77. The van der Waals surface area contributed by atoms with Crippen LogP contribution in [0.3, 0.4) is 0 Å². The van der Waals surface area contributed by atoms with E-state index >= 15 is 0 Å². The van der Waals surface area contributed by atoms with Gasteiger partial charge >= 0.3 is 0 Å². The van der Waals surface area contributed by atoms with E-state index in [1.165, 1.54) is 12.1 Å². The van der Waals surface area contributed by atoms with Crippen LogP contribution in [0.5, 0.6) is 0 Å². The van der Waals surface area contributed by atoms with Crippen LogP contribution >= 0.6 is 11.6 Å². The normalized spacial score (nSPS) is 12.6. The molecule has 1 atom stereocenters. The molecule has 0 radical (unpaired) electrons. The predicted octanol–water partition coefficient (Wildman–Crippen LogP) is 3.92. The van der Waals surface area contributed by atoms with Gasteiger partial charge in [0.2, 0.25) is 10.0 Å². The summed E-state index contributed by atoms with van der Waals surface area (Å²) in [4.78, 5) is 4.66. The summed E-state index contributed by atoms with van der Waals surface area (Å²) in [5, 5.41) is 16.6. The molecule has 0 saturated heterocycles. The maximum atomic E-state index is 11.6. The Kier molecular flexibility index (Phi) is 5.44. The first kappa shape index (κ1) is 20.3. The Balaban J connectivity index is 1.83. The van der Waals surface area contributed by atoms with Crippen molar-refractivity contribution in [3.8, 4) is 17.1 Å². The van der Waals surface area contributed by atoms with Crippen molar-refractivity contribution in [2.45, 2.75) is 11.0 Å². The Bertz CT molecular complexity index is 1270. The van der Waals surface area contributed by atoms with Crippen molar-refractivity contribution in [3.05, 3.63) is 101 Å². The molecule has 3 aromatic carbocycles. The molecule has 0 fully saturated rings. The van der Waals surface area contributed by atoms with Gasteiger partial charge in [-0.25, -0.2) is 18.5 Å². The quantitative estimate of drug-likeness (QED) is 0.492. The zero-order valence-electron chi connectivity index (χ0n) is 15.7. The van der Waals surface area contributed by atoms with Crippen molar-refractivity contribution in [2.75, 3.05) is 0 Å². The second kappa shape index (κ2) is 8.04. The minimum Gasteiger partial charge on any atom is -0.382 e. The second-order valence-corrected chi connectivity index (χ2v) is 8.72. The van der Waals surface area contributed by atoms with Gasteiger partial charge in [-0.05, 0) is 54.1 Å². The first-order valence-corrected chi connectivity index (χ1v) is 11.0. The molecule has 1 aromatic heterocycles. The second-order valence-electron chi connectivity index (χ2n) is 6.72. The molecule has 0 saturated carbocycles. The van der Waals surface area contributed by atoms with Gasteiger partial charge in [0.1, 0.15) is 11.9 Å². The maximum absolute atomic E-state index is 11.6. The summed E-state index contributed by atoms with van der Waals surface area (Å²) in [6.07, 6.45) is 0.839. The molecular formula is C22H18ClN3O3S. The number of primary sulfonamides is 1. The highest BCUT2D eigenvalue weighted by atomic mass is 35.5. The molecule has 3 N–H and O–H groups in total. The third-order valence-electron chi connectivity index (χ3n) is 4.67. The molecule has 152 valence electrons. The van der Waals surface area contributed by atoms with Gasteiger partial charge in [-0.15, -0.1) is 0 Å². The molecule has 4 rings (SSSR count). The molecule has 0 aliphatic carbocycles. The Morgan fingerprint density at radius 1 is 0.933 bits per heavy atom. The minimum atomic E-state index is -3.79. The lowest BCUT2D eigenvalue weighted by Gasteiger charge is -2.08. The standard InChI is InChI=1S/C22H18ClN3O3S/c23-17-8-10-18(11-9-17)26-14-20(21(27)15-4-2-1-3-5-15)25-22(26)16-6-12-19(13-7-16)30(24,28)29/h1-14,21,27H,(H2,24,28,29). The third-order valence-corrected chi connectivity index (χ3v) is 5.85. The minimum absolute atomic E-state index is 0.0143. The molecule has 0 spiro atoms. The predicted molar refractivity (Wildman–Crippen MR) is 116 cm³/mol. The van der Waals surface area contributed by atoms with Gasteiger partial charge in [0.05, 0.1) is 10.6 Å². The topological polar surface area (TPSA) is 98.2 Å². The van der Waals surface area contributed by atoms with Gasteiger partial charge in [-0.1, -0.05) is 41.9 Å². The zero-order valence-corrected chi connectivity index (χ0v) is 17.3. The van der Waals surface area contributed by atoms with Gasteiger partial charge in [0, 0.05) is 22.5 Å². The van der Waals surface area contributed by atoms with Gasteiger partial charge < -0.3 is 5.11 Å². The Morgan fingerprint density at radius 2 is 1.57 bits per heavy atom. The molecule has 8 heteroatoms. The van der Waals surface area contributed by atoms with Crippen LogP contribution in [0.25, 0.3) is 17.1 Å².